The van der Waals surface area contributed by atoms with Gasteiger partial charge in [-0.25, -0.2) is 0 Å². The molecule has 0 unspecified atom stereocenters. The molecular formula is C59H64Si7. The topological polar surface area (TPSA) is 0 Å². The lowest BCUT2D eigenvalue weighted by Crippen LogP contribution is -2.16. The van der Waals surface area contributed by atoms with Gasteiger partial charge >= 0.3 is 0 Å². The minimum absolute atomic E-state index is 0.563. The molecule has 66 heavy (non-hydrogen) atoms. The zero-order chi connectivity index (χ0) is 50.2. The highest BCUT2D eigenvalue weighted by Crippen LogP contribution is 2.35. The molecule has 0 radical (unpaired) electrons. The van der Waals surface area contributed by atoms with Crippen LogP contribution in [0.15, 0.2) is 6.07 Å². The first kappa shape index (κ1) is 56.2. The average molecular weight is 970 g/mol. The van der Waals surface area contributed by atoms with Gasteiger partial charge in [-0.15, -0.1) is 38.8 Å². The second-order valence-corrected chi connectivity index (χ2v) is 56.1. The zero-order valence-corrected chi connectivity index (χ0v) is 50.6. The highest BCUT2D eigenvalue weighted by Gasteiger charge is 2.23. The van der Waals surface area contributed by atoms with Crippen LogP contribution in [0.3, 0.4) is 0 Å². The Morgan fingerprint density at radius 2 is 0.439 bits per heavy atom. The molecule has 0 aliphatic heterocycles. The third-order valence-corrected chi connectivity index (χ3v) is 13.5. The molecule has 0 aromatic heterocycles. The van der Waals surface area contributed by atoms with Gasteiger partial charge in [-0.3, -0.25) is 0 Å². The lowest BCUT2D eigenvalue weighted by molar-refractivity contribution is 1.52. The van der Waals surface area contributed by atoms with Crippen LogP contribution >= 0.6 is 0 Å². The molecule has 0 N–H and O–H groups in total. The lowest BCUT2D eigenvalue weighted by Gasteiger charge is -2.15. The van der Waals surface area contributed by atoms with Crippen molar-refractivity contribution in [3.8, 4) is 163 Å². The van der Waals surface area contributed by atoms with Gasteiger partial charge in [-0.05, 0) is 89.0 Å². The molecule has 0 aliphatic carbocycles. The summed E-state index contributed by atoms with van der Waals surface area (Å²) in [6, 6.07) is 2.02. The quantitative estimate of drug-likeness (QED) is 0.182. The third-order valence-electron chi connectivity index (χ3n) is 7.42. The maximum atomic E-state index is 3.48. The molecular weight excluding hydrogens is 905 g/mol. The molecule has 0 saturated heterocycles. The summed E-state index contributed by atoms with van der Waals surface area (Å²) in [4.78, 5) is 0. The van der Waals surface area contributed by atoms with E-state index in [4.69, 9.17) is 0 Å². The highest BCUT2D eigenvalue weighted by molar-refractivity contribution is 6.86. The van der Waals surface area contributed by atoms with Crippen LogP contribution < -0.4 is 0 Å². The lowest BCUT2D eigenvalue weighted by atomic mass is 9.84. The molecule has 2 aromatic carbocycles. The first-order valence-corrected chi connectivity index (χ1v) is 46.6. The molecule has 0 heterocycles. The first-order chi connectivity index (χ1) is 30.1. The summed E-state index contributed by atoms with van der Waals surface area (Å²) < 4.78 is 0. The number of hydrogen-bond donors (Lipinski definition) is 0. The van der Waals surface area contributed by atoms with E-state index < -0.39 is 56.5 Å². The third kappa shape index (κ3) is 23.3. The maximum Gasteiger partial charge on any atom is 0.130 e. The predicted octanol–water partition coefficient (Wildman–Crippen LogP) is 11.5. The Hall–Kier alpha value is -5.94. The van der Waals surface area contributed by atoms with Crippen molar-refractivity contribution in [2.45, 2.75) is 137 Å². The van der Waals surface area contributed by atoms with Gasteiger partial charge in [0.15, 0.2) is 0 Å². The molecule has 0 bridgehead atoms. The smallest absolute Gasteiger partial charge is 0.118 e. The van der Waals surface area contributed by atoms with Crippen molar-refractivity contribution in [2.24, 2.45) is 0 Å². The summed E-state index contributed by atoms with van der Waals surface area (Å²) in [5.41, 5.74) is 28.0. The van der Waals surface area contributed by atoms with E-state index >= 15 is 0 Å². The van der Waals surface area contributed by atoms with Gasteiger partial charge in [0.2, 0.25) is 0 Å². The summed E-state index contributed by atoms with van der Waals surface area (Å²) in [6.07, 6.45) is 0. The molecule has 328 valence electrons. The largest absolute Gasteiger partial charge is 0.130 e. The molecule has 0 atom stereocenters. The van der Waals surface area contributed by atoms with Crippen LogP contribution in [0.4, 0.5) is 0 Å². The Kier molecular flexibility index (Phi) is 20.0. The Labute approximate surface area is 410 Å². The summed E-state index contributed by atoms with van der Waals surface area (Å²) in [5, 5.41) is 1.43. The van der Waals surface area contributed by atoms with E-state index in [9.17, 15) is 0 Å². The maximum absolute atomic E-state index is 3.48. The Balaban J connectivity index is 3.95. The molecule has 0 amide bonds. The first-order valence-electron chi connectivity index (χ1n) is 22.1. The van der Waals surface area contributed by atoms with Crippen molar-refractivity contribution < 1.29 is 0 Å². The zero-order valence-electron chi connectivity index (χ0n) is 43.6. The fourth-order valence-electron chi connectivity index (χ4n) is 4.70. The minimum Gasteiger partial charge on any atom is -0.118 e. The van der Waals surface area contributed by atoms with Crippen molar-refractivity contribution >= 4 is 67.3 Å². The molecule has 7 heteroatoms. The predicted molar refractivity (Wildman–Crippen MR) is 310 cm³/mol. The van der Waals surface area contributed by atoms with E-state index in [1.807, 2.05) is 6.07 Å². The van der Waals surface area contributed by atoms with Gasteiger partial charge in [-0.1, -0.05) is 179 Å². The number of rotatable bonds is 0. The van der Waals surface area contributed by atoms with Crippen LogP contribution in [0.1, 0.15) is 38.9 Å². The van der Waals surface area contributed by atoms with Crippen molar-refractivity contribution in [1.82, 2.24) is 0 Å². The van der Waals surface area contributed by atoms with Gasteiger partial charge in [0.25, 0.3) is 0 Å². The molecule has 2 rings (SSSR count). The van der Waals surface area contributed by atoms with Crippen LogP contribution in [0, 0.1) is 163 Å². The molecule has 0 nitrogen and oxygen atoms in total. The van der Waals surface area contributed by atoms with Crippen molar-refractivity contribution in [3.05, 3.63) is 45.0 Å². The van der Waals surface area contributed by atoms with Crippen LogP contribution in [0.5, 0.6) is 0 Å². The molecule has 0 aliphatic rings. The molecule has 0 saturated carbocycles. The Morgan fingerprint density at radius 1 is 0.227 bits per heavy atom. The van der Waals surface area contributed by atoms with Crippen molar-refractivity contribution in [2.75, 3.05) is 0 Å². The second kappa shape index (κ2) is 23.5. The number of hydrogen-bond acceptors (Lipinski definition) is 0. The molecule has 2 aromatic rings. The van der Waals surface area contributed by atoms with Gasteiger partial charge in [-0.2, -0.15) is 0 Å². The fourth-order valence-corrected chi connectivity index (χ4v) is 7.76. The molecule has 0 fully saturated rings. The standard InChI is InChI=1S/C59H64Si7/c1-60(2,3)43-29-22-36-51-50-58-55(40-26-33-47-64(13,14)15)53(38-24-31-45-62(7,8)9)54(39-25-32-46-63(10,11)12)57(42-28-35-49-66(19,20)21)59(58)56(41-27-34-48-65(16,17)18)52(51)37-23-30-44-61(4,5)6/h50H,1-21H3. The Morgan fingerprint density at radius 3 is 0.727 bits per heavy atom. The van der Waals surface area contributed by atoms with Gasteiger partial charge in [0.05, 0.1) is 33.4 Å². The second-order valence-electron chi connectivity index (χ2n) is 22.8. The summed E-state index contributed by atoms with van der Waals surface area (Å²) in [7, 11) is -12.3. The SMILES string of the molecule is C[Si](C)(C)C#CC#Cc1cc2c(C#CC#C[Si](C)(C)C)c(C#CC#C[Si](C)(C)C)c(C#CC#C[Si](C)(C)C)c(C#CC#C[Si](C)(C)C)c2c(C#CC#C[Si](C)(C)C)c1C#CC#C[Si](C)(C)C. The summed E-state index contributed by atoms with van der Waals surface area (Å²) >= 11 is 0. The van der Waals surface area contributed by atoms with Crippen LogP contribution in [-0.2, 0) is 0 Å². The normalized spacial score (nSPS) is 10.3. The summed E-state index contributed by atoms with van der Waals surface area (Å²) in [6.45, 7) is 46.1. The van der Waals surface area contributed by atoms with E-state index in [0.717, 1.165) is 5.39 Å². The van der Waals surface area contributed by atoms with Crippen molar-refractivity contribution in [3.63, 3.8) is 0 Å². The Bertz CT molecular complexity index is 3180. The van der Waals surface area contributed by atoms with Crippen LogP contribution in [0.25, 0.3) is 10.8 Å². The van der Waals surface area contributed by atoms with Crippen LogP contribution in [0.2, 0.25) is 137 Å². The number of benzene rings is 2. The average Bonchev–Trinajstić information content (AvgIpc) is 3.12. The van der Waals surface area contributed by atoms with E-state index in [1.165, 1.54) is 0 Å². The monoisotopic (exact) mass is 968 g/mol. The van der Waals surface area contributed by atoms with E-state index in [2.05, 4.69) is 301 Å². The number of fused-ring (bicyclic) bond motifs is 1. The molecule has 0 spiro atoms. The van der Waals surface area contributed by atoms with Gasteiger partial charge in [0, 0.05) is 16.3 Å². The summed E-state index contributed by atoms with van der Waals surface area (Å²) in [5.74, 6) is 68.6. The van der Waals surface area contributed by atoms with Crippen LogP contribution in [-0.4, -0.2) is 56.5 Å². The highest BCUT2D eigenvalue weighted by atomic mass is 28.3. The minimum atomic E-state index is -1.78. The van der Waals surface area contributed by atoms with E-state index in [1.54, 1.807) is 0 Å². The van der Waals surface area contributed by atoms with Gasteiger partial charge < -0.3 is 0 Å². The fraction of sp³-hybridized carbons (Fsp3) is 0.356. The van der Waals surface area contributed by atoms with Gasteiger partial charge in [0.1, 0.15) is 56.5 Å². The van der Waals surface area contributed by atoms with Crippen molar-refractivity contribution in [1.29, 1.82) is 0 Å². The van der Waals surface area contributed by atoms with E-state index in [0.29, 0.717) is 44.3 Å². The van der Waals surface area contributed by atoms with E-state index in [-0.39, 0.29) is 0 Å².